The first-order valence-corrected chi connectivity index (χ1v) is 7.24. The lowest BCUT2D eigenvalue weighted by atomic mass is 10.1. The lowest BCUT2D eigenvalue weighted by Gasteiger charge is -2.26. The van der Waals surface area contributed by atoms with E-state index < -0.39 is 0 Å². The van der Waals surface area contributed by atoms with Crippen LogP contribution in [0.25, 0.3) is 0 Å². The molecule has 0 unspecified atom stereocenters. The fraction of sp³-hybridized carbons (Fsp3) is 0.733. The van der Waals surface area contributed by atoms with Crippen molar-refractivity contribution < 1.29 is 0 Å². The van der Waals surface area contributed by atoms with E-state index in [9.17, 15) is 0 Å². The predicted octanol–water partition coefficient (Wildman–Crippen LogP) is 3.27. The van der Waals surface area contributed by atoms with Crippen molar-refractivity contribution in [2.75, 3.05) is 23.7 Å². The Kier molecular flexibility index (Phi) is 6.06. The third-order valence-electron chi connectivity index (χ3n) is 3.22. The molecule has 1 rings (SSSR count). The van der Waals surface area contributed by atoms with Crippen molar-refractivity contribution >= 4 is 11.8 Å². The fourth-order valence-electron chi connectivity index (χ4n) is 1.92. The highest BCUT2D eigenvalue weighted by Gasteiger charge is 2.13. The van der Waals surface area contributed by atoms with E-state index in [4.69, 9.17) is 5.73 Å². The minimum Gasteiger partial charge on any atom is -0.368 e. The average molecular weight is 264 g/mol. The Labute approximate surface area is 117 Å². The first kappa shape index (κ1) is 15.7. The molecule has 2 N–H and O–H groups in total. The largest absolute Gasteiger partial charge is 0.368 e. The summed E-state index contributed by atoms with van der Waals surface area (Å²) in [5.41, 5.74) is 6.83. The summed E-state index contributed by atoms with van der Waals surface area (Å²) in [5.74, 6) is 2.75. The van der Waals surface area contributed by atoms with E-state index in [0.717, 1.165) is 24.5 Å². The third-order valence-corrected chi connectivity index (χ3v) is 3.22. The van der Waals surface area contributed by atoms with Gasteiger partial charge in [0, 0.05) is 24.8 Å². The number of nitrogen functional groups attached to an aromatic ring is 1. The van der Waals surface area contributed by atoms with Crippen molar-refractivity contribution in [3.8, 4) is 0 Å². The molecule has 1 heterocycles. The highest BCUT2D eigenvalue weighted by molar-refractivity contribution is 5.47. The Morgan fingerprint density at radius 2 is 1.63 bits per heavy atom. The molecule has 0 bridgehead atoms. The monoisotopic (exact) mass is 264 g/mol. The molecule has 0 fully saturated rings. The number of hydrogen-bond acceptors (Lipinski definition) is 4. The third kappa shape index (κ3) is 5.45. The van der Waals surface area contributed by atoms with E-state index in [0.29, 0.717) is 17.8 Å². The topological polar surface area (TPSA) is 55.0 Å². The number of aryl methyl sites for hydroxylation is 1. The van der Waals surface area contributed by atoms with Crippen LogP contribution in [0, 0.1) is 18.8 Å². The van der Waals surface area contributed by atoms with Crippen LogP contribution in [-0.4, -0.2) is 23.1 Å². The Balaban J connectivity index is 2.83. The molecule has 1 aromatic heterocycles. The number of aromatic nitrogens is 2. The van der Waals surface area contributed by atoms with Crippen LogP contribution in [0.5, 0.6) is 0 Å². The summed E-state index contributed by atoms with van der Waals surface area (Å²) in [4.78, 5) is 10.8. The fourth-order valence-corrected chi connectivity index (χ4v) is 1.92. The van der Waals surface area contributed by atoms with Gasteiger partial charge in [-0.2, -0.15) is 4.98 Å². The quantitative estimate of drug-likeness (QED) is 0.821. The van der Waals surface area contributed by atoms with Gasteiger partial charge in [0.25, 0.3) is 0 Å². The minimum absolute atomic E-state index is 0.361. The molecule has 0 radical (unpaired) electrons. The van der Waals surface area contributed by atoms with Crippen molar-refractivity contribution in [1.82, 2.24) is 9.97 Å². The summed E-state index contributed by atoms with van der Waals surface area (Å²) < 4.78 is 0. The van der Waals surface area contributed by atoms with Crippen LogP contribution in [0.15, 0.2) is 6.20 Å². The van der Waals surface area contributed by atoms with Gasteiger partial charge in [0.2, 0.25) is 5.95 Å². The molecule has 0 saturated carbocycles. The summed E-state index contributed by atoms with van der Waals surface area (Å²) >= 11 is 0. The zero-order chi connectivity index (χ0) is 14.4. The van der Waals surface area contributed by atoms with Crippen LogP contribution in [0.3, 0.4) is 0 Å². The Hall–Kier alpha value is -1.32. The SMILES string of the molecule is Cc1cnc(N)nc1N(CCC(C)C)CCC(C)C. The summed E-state index contributed by atoms with van der Waals surface area (Å²) in [5, 5.41) is 0. The van der Waals surface area contributed by atoms with E-state index in [1.54, 1.807) is 0 Å². The van der Waals surface area contributed by atoms with Crippen LogP contribution in [0.2, 0.25) is 0 Å². The van der Waals surface area contributed by atoms with E-state index in [2.05, 4.69) is 42.6 Å². The standard InChI is InChI=1S/C15H28N4/c1-11(2)6-8-19(9-7-12(3)4)14-13(5)10-17-15(16)18-14/h10-12H,6-9H2,1-5H3,(H2,16,17,18). The van der Waals surface area contributed by atoms with Crippen molar-refractivity contribution in [2.45, 2.75) is 47.5 Å². The molecule has 0 atom stereocenters. The lowest BCUT2D eigenvalue weighted by molar-refractivity contribution is 0.532. The minimum atomic E-state index is 0.361. The van der Waals surface area contributed by atoms with Gasteiger partial charge >= 0.3 is 0 Å². The highest BCUT2D eigenvalue weighted by Crippen LogP contribution is 2.19. The van der Waals surface area contributed by atoms with Crippen molar-refractivity contribution in [3.63, 3.8) is 0 Å². The first-order chi connectivity index (χ1) is 8.90. The van der Waals surface area contributed by atoms with E-state index in [-0.39, 0.29) is 0 Å². The molecular weight excluding hydrogens is 236 g/mol. The van der Waals surface area contributed by atoms with Crippen LogP contribution in [-0.2, 0) is 0 Å². The van der Waals surface area contributed by atoms with Gasteiger partial charge in [-0.3, -0.25) is 0 Å². The summed E-state index contributed by atoms with van der Waals surface area (Å²) in [6.45, 7) is 13.1. The van der Waals surface area contributed by atoms with Crippen LogP contribution < -0.4 is 10.6 Å². The lowest BCUT2D eigenvalue weighted by Crippen LogP contribution is -2.29. The second-order valence-electron chi connectivity index (χ2n) is 6.09. The second-order valence-corrected chi connectivity index (χ2v) is 6.09. The van der Waals surface area contributed by atoms with Gasteiger partial charge in [-0.15, -0.1) is 0 Å². The van der Waals surface area contributed by atoms with Gasteiger partial charge in [0.05, 0.1) is 0 Å². The highest BCUT2D eigenvalue weighted by atomic mass is 15.2. The van der Waals surface area contributed by atoms with E-state index in [1.165, 1.54) is 12.8 Å². The van der Waals surface area contributed by atoms with Gasteiger partial charge < -0.3 is 10.6 Å². The summed E-state index contributed by atoms with van der Waals surface area (Å²) in [7, 11) is 0. The van der Waals surface area contributed by atoms with Gasteiger partial charge in [0.1, 0.15) is 5.82 Å². The maximum absolute atomic E-state index is 5.73. The smallest absolute Gasteiger partial charge is 0.221 e. The average Bonchev–Trinajstić information content (AvgIpc) is 2.32. The van der Waals surface area contributed by atoms with Gasteiger partial charge in [-0.25, -0.2) is 4.98 Å². The molecule has 0 saturated heterocycles. The first-order valence-electron chi connectivity index (χ1n) is 7.24. The van der Waals surface area contributed by atoms with E-state index >= 15 is 0 Å². The van der Waals surface area contributed by atoms with E-state index in [1.807, 2.05) is 13.1 Å². The zero-order valence-corrected chi connectivity index (χ0v) is 13.0. The summed E-state index contributed by atoms with van der Waals surface area (Å²) in [6, 6.07) is 0. The maximum Gasteiger partial charge on any atom is 0.221 e. The van der Waals surface area contributed by atoms with Crippen LogP contribution >= 0.6 is 0 Å². The molecule has 4 nitrogen and oxygen atoms in total. The molecule has 19 heavy (non-hydrogen) atoms. The number of nitrogens with zero attached hydrogens (tertiary/aromatic N) is 3. The number of anilines is 2. The van der Waals surface area contributed by atoms with Crippen LogP contribution in [0.4, 0.5) is 11.8 Å². The molecule has 0 aliphatic rings. The number of nitrogens with two attached hydrogens (primary N) is 1. The Morgan fingerprint density at radius 1 is 1.11 bits per heavy atom. The molecule has 108 valence electrons. The van der Waals surface area contributed by atoms with Crippen molar-refractivity contribution in [1.29, 1.82) is 0 Å². The molecule has 0 amide bonds. The van der Waals surface area contributed by atoms with Crippen LogP contribution in [0.1, 0.15) is 46.1 Å². The molecule has 0 spiro atoms. The summed E-state index contributed by atoms with van der Waals surface area (Å²) in [6.07, 6.45) is 4.15. The molecule has 4 heteroatoms. The normalized spacial score (nSPS) is 11.3. The van der Waals surface area contributed by atoms with Gasteiger partial charge in [-0.05, 0) is 31.6 Å². The predicted molar refractivity (Wildman–Crippen MR) is 82.3 cm³/mol. The Morgan fingerprint density at radius 3 is 2.11 bits per heavy atom. The zero-order valence-electron chi connectivity index (χ0n) is 13.0. The molecular formula is C15H28N4. The van der Waals surface area contributed by atoms with Gasteiger partial charge in [0.15, 0.2) is 0 Å². The van der Waals surface area contributed by atoms with Gasteiger partial charge in [-0.1, -0.05) is 27.7 Å². The van der Waals surface area contributed by atoms with Crippen molar-refractivity contribution in [2.24, 2.45) is 11.8 Å². The second kappa shape index (κ2) is 7.31. The molecule has 0 aliphatic heterocycles. The van der Waals surface area contributed by atoms with Crippen molar-refractivity contribution in [3.05, 3.63) is 11.8 Å². The molecule has 0 aromatic carbocycles. The number of rotatable bonds is 7. The Bertz CT molecular complexity index is 376. The number of hydrogen-bond donors (Lipinski definition) is 1. The maximum atomic E-state index is 5.73. The molecule has 1 aromatic rings. The molecule has 0 aliphatic carbocycles.